The topological polar surface area (TPSA) is 17.1 Å². The number of hydrogen-bond acceptors (Lipinski definition) is 1. The first kappa shape index (κ1) is 14.8. The van der Waals surface area contributed by atoms with Gasteiger partial charge in [-0.3, -0.25) is 4.79 Å². The maximum atomic E-state index is 13.8. The summed E-state index contributed by atoms with van der Waals surface area (Å²) in [5, 5.41) is 0. The highest BCUT2D eigenvalue weighted by atomic mass is 79.9. The summed E-state index contributed by atoms with van der Waals surface area (Å²) in [6.07, 6.45) is -0.400. The molecule has 0 radical (unpaired) electrons. The molecule has 0 unspecified atom stereocenters. The van der Waals surface area contributed by atoms with Crippen LogP contribution in [-0.2, 0) is 6.42 Å². The third-order valence-electron chi connectivity index (χ3n) is 2.92. The van der Waals surface area contributed by atoms with E-state index >= 15 is 0 Å². The van der Waals surface area contributed by atoms with Gasteiger partial charge in [-0.25, -0.2) is 13.2 Å². The van der Waals surface area contributed by atoms with Crippen molar-refractivity contribution in [2.24, 2.45) is 0 Å². The predicted octanol–water partition coefficient (Wildman–Crippen LogP) is 4.60. The molecule has 0 aliphatic heterocycles. The summed E-state index contributed by atoms with van der Waals surface area (Å²) in [6.45, 7) is 1.44. The van der Waals surface area contributed by atoms with Gasteiger partial charge in [0.25, 0.3) is 0 Å². The van der Waals surface area contributed by atoms with Crippen molar-refractivity contribution in [3.05, 3.63) is 68.9 Å². The largest absolute Gasteiger partial charge is 0.294 e. The van der Waals surface area contributed by atoms with Crippen molar-refractivity contribution in [1.82, 2.24) is 0 Å². The van der Waals surface area contributed by atoms with Crippen molar-refractivity contribution in [2.75, 3.05) is 0 Å². The lowest BCUT2D eigenvalue weighted by atomic mass is 10.00. The van der Waals surface area contributed by atoms with Crippen LogP contribution >= 0.6 is 15.9 Å². The molecule has 2 aromatic carbocycles. The highest BCUT2D eigenvalue weighted by Crippen LogP contribution is 2.21. The van der Waals surface area contributed by atoms with Crippen LogP contribution in [0.1, 0.15) is 21.5 Å². The molecule has 104 valence electrons. The molecule has 0 aliphatic rings. The first-order valence-corrected chi connectivity index (χ1v) is 6.61. The average molecular weight is 343 g/mol. The molecule has 0 saturated heterocycles. The minimum atomic E-state index is -0.937. The molecule has 0 aliphatic carbocycles. The summed E-state index contributed by atoms with van der Waals surface area (Å²) >= 11 is 3.16. The SMILES string of the molecule is Cc1ccc(F)c(C(=O)Cc2cc(Br)ccc2F)c1F. The van der Waals surface area contributed by atoms with E-state index in [4.69, 9.17) is 0 Å². The Morgan fingerprint density at radius 1 is 1.10 bits per heavy atom. The Hall–Kier alpha value is -1.62. The Morgan fingerprint density at radius 2 is 1.75 bits per heavy atom. The third-order valence-corrected chi connectivity index (χ3v) is 3.42. The van der Waals surface area contributed by atoms with Crippen LogP contribution in [0, 0.1) is 24.4 Å². The maximum Gasteiger partial charge on any atom is 0.173 e. The van der Waals surface area contributed by atoms with Crippen LogP contribution in [0.3, 0.4) is 0 Å². The summed E-state index contributed by atoms with van der Waals surface area (Å²) in [5.74, 6) is -3.21. The minimum absolute atomic E-state index is 0.0877. The van der Waals surface area contributed by atoms with E-state index in [1.165, 1.54) is 31.2 Å². The number of halogens is 4. The lowest BCUT2D eigenvalue weighted by Crippen LogP contribution is -2.11. The molecule has 0 fully saturated rings. The molecule has 0 saturated carbocycles. The summed E-state index contributed by atoms with van der Waals surface area (Å²) in [6, 6.07) is 6.37. The Bertz CT molecular complexity index is 683. The van der Waals surface area contributed by atoms with E-state index in [9.17, 15) is 18.0 Å². The van der Waals surface area contributed by atoms with Crippen molar-refractivity contribution in [3.8, 4) is 0 Å². The van der Waals surface area contributed by atoms with Gasteiger partial charge >= 0.3 is 0 Å². The monoisotopic (exact) mass is 342 g/mol. The molecule has 20 heavy (non-hydrogen) atoms. The normalized spacial score (nSPS) is 10.7. The summed E-state index contributed by atoms with van der Waals surface area (Å²) in [4.78, 5) is 12.0. The van der Waals surface area contributed by atoms with Crippen molar-refractivity contribution in [2.45, 2.75) is 13.3 Å². The zero-order valence-corrected chi connectivity index (χ0v) is 12.1. The van der Waals surface area contributed by atoms with Gasteiger partial charge in [0.05, 0.1) is 5.56 Å². The number of carbonyl (C=O) groups is 1. The maximum absolute atomic E-state index is 13.8. The van der Waals surface area contributed by atoms with Crippen molar-refractivity contribution in [3.63, 3.8) is 0 Å². The number of Topliss-reactive ketones (excluding diaryl/α,β-unsaturated/α-hetero) is 1. The van der Waals surface area contributed by atoms with Crippen molar-refractivity contribution < 1.29 is 18.0 Å². The molecule has 0 amide bonds. The lowest BCUT2D eigenvalue weighted by Gasteiger charge is -2.07. The summed E-state index contributed by atoms with van der Waals surface area (Å²) < 4.78 is 41.6. The van der Waals surface area contributed by atoms with Gasteiger partial charge in [-0.05, 0) is 42.3 Å². The highest BCUT2D eigenvalue weighted by molar-refractivity contribution is 9.10. The minimum Gasteiger partial charge on any atom is -0.294 e. The fraction of sp³-hybridized carbons (Fsp3) is 0.133. The number of hydrogen-bond donors (Lipinski definition) is 0. The van der Waals surface area contributed by atoms with Gasteiger partial charge in [-0.2, -0.15) is 0 Å². The second kappa shape index (κ2) is 5.79. The molecule has 0 atom stereocenters. The highest BCUT2D eigenvalue weighted by Gasteiger charge is 2.20. The second-order valence-electron chi connectivity index (χ2n) is 4.39. The molecule has 0 N–H and O–H groups in total. The second-order valence-corrected chi connectivity index (χ2v) is 5.30. The van der Waals surface area contributed by atoms with E-state index in [0.717, 1.165) is 6.07 Å². The Balaban J connectivity index is 2.38. The Morgan fingerprint density at radius 3 is 2.45 bits per heavy atom. The molecule has 5 heteroatoms. The number of aryl methyl sites for hydroxylation is 1. The quantitative estimate of drug-likeness (QED) is 0.745. The van der Waals surface area contributed by atoms with Crippen LogP contribution in [0.5, 0.6) is 0 Å². The number of carbonyl (C=O) groups excluding carboxylic acids is 1. The summed E-state index contributed by atoms with van der Waals surface area (Å²) in [5.41, 5.74) is -0.362. The fourth-order valence-electron chi connectivity index (χ4n) is 1.85. The van der Waals surface area contributed by atoms with Gasteiger partial charge in [0, 0.05) is 10.9 Å². The molecule has 0 spiro atoms. The molecule has 0 bridgehead atoms. The van der Waals surface area contributed by atoms with Crippen LogP contribution in [0.15, 0.2) is 34.8 Å². The van der Waals surface area contributed by atoms with Gasteiger partial charge in [-0.15, -0.1) is 0 Å². The van der Waals surface area contributed by atoms with Gasteiger partial charge in [0.2, 0.25) is 0 Å². The molecule has 1 nitrogen and oxygen atoms in total. The first-order chi connectivity index (χ1) is 9.40. The summed E-state index contributed by atoms with van der Waals surface area (Å²) in [7, 11) is 0. The van der Waals surface area contributed by atoms with Crippen LogP contribution in [0.4, 0.5) is 13.2 Å². The van der Waals surface area contributed by atoms with E-state index in [0.29, 0.717) is 4.47 Å². The van der Waals surface area contributed by atoms with Crippen LogP contribution < -0.4 is 0 Å². The van der Waals surface area contributed by atoms with Crippen molar-refractivity contribution in [1.29, 1.82) is 0 Å². The average Bonchev–Trinajstić information content (AvgIpc) is 2.39. The number of rotatable bonds is 3. The van der Waals surface area contributed by atoms with Crippen molar-refractivity contribution >= 4 is 21.7 Å². The van der Waals surface area contributed by atoms with Crippen LogP contribution in [-0.4, -0.2) is 5.78 Å². The van der Waals surface area contributed by atoms with Gasteiger partial charge in [0.1, 0.15) is 17.5 Å². The Kier molecular flexibility index (Phi) is 4.28. The van der Waals surface area contributed by atoms with Crippen LogP contribution in [0.25, 0.3) is 0 Å². The number of benzene rings is 2. The molecule has 0 heterocycles. The van der Waals surface area contributed by atoms with E-state index < -0.39 is 35.2 Å². The lowest BCUT2D eigenvalue weighted by molar-refractivity contribution is 0.0983. The molecular weight excluding hydrogens is 333 g/mol. The van der Waals surface area contributed by atoms with E-state index in [1.54, 1.807) is 0 Å². The standard InChI is InChI=1S/C15H10BrF3O/c1-8-2-4-12(18)14(15(8)19)13(20)7-9-6-10(16)3-5-11(9)17/h2-6H,7H2,1H3. The molecule has 2 rings (SSSR count). The van der Waals surface area contributed by atoms with Gasteiger partial charge in [-0.1, -0.05) is 22.0 Å². The van der Waals surface area contributed by atoms with Crippen LogP contribution in [0.2, 0.25) is 0 Å². The van der Waals surface area contributed by atoms with Gasteiger partial charge < -0.3 is 0 Å². The van der Waals surface area contributed by atoms with Gasteiger partial charge in [0.15, 0.2) is 5.78 Å². The predicted molar refractivity (Wildman–Crippen MR) is 73.2 cm³/mol. The smallest absolute Gasteiger partial charge is 0.173 e. The van der Waals surface area contributed by atoms with E-state index in [-0.39, 0.29) is 11.1 Å². The van der Waals surface area contributed by atoms with E-state index in [1.807, 2.05) is 0 Å². The third kappa shape index (κ3) is 2.93. The first-order valence-electron chi connectivity index (χ1n) is 5.82. The molecular formula is C15H10BrF3O. The number of ketones is 1. The Labute approximate surface area is 122 Å². The van der Waals surface area contributed by atoms with E-state index in [2.05, 4.69) is 15.9 Å². The molecule has 2 aromatic rings. The fourth-order valence-corrected chi connectivity index (χ4v) is 2.26. The zero-order chi connectivity index (χ0) is 14.9. The molecule has 0 aromatic heterocycles. The zero-order valence-electron chi connectivity index (χ0n) is 10.5.